The smallest absolute Gasteiger partial charge is 0.462 e. The summed E-state index contributed by atoms with van der Waals surface area (Å²) in [4.78, 5) is 72.9. The number of hydrogen-bond acceptors (Lipinski definition) is 15. The summed E-state index contributed by atoms with van der Waals surface area (Å²) < 4.78 is 68.6. The molecular formula is C80H156O17P2. The highest BCUT2D eigenvalue weighted by Crippen LogP contribution is 2.45. The van der Waals surface area contributed by atoms with Gasteiger partial charge in [0.2, 0.25) is 0 Å². The number of carbonyl (C=O) groups is 4. The number of phosphoric ester groups is 2. The summed E-state index contributed by atoms with van der Waals surface area (Å²) >= 11 is 0. The summed E-state index contributed by atoms with van der Waals surface area (Å²) in [5, 5.41) is 10.6. The molecule has 0 aromatic heterocycles. The van der Waals surface area contributed by atoms with Gasteiger partial charge in [0.25, 0.3) is 0 Å². The Morgan fingerprint density at radius 2 is 0.424 bits per heavy atom. The molecule has 0 saturated carbocycles. The Morgan fingerprint density at radius 1 is 0.253 bits per heavy atom. The molecule has 0 amide bonds. The molecule has 2 unspecified atom stereocenters. The molecule has 0 rings (SSSR count). The van der Waals surface area contributed by atoms with E-state index >= 15 is 0 Å². The van der Waals surface area contributed by atoms with Crippen molar-refractivity contribution in [3.63, 3.8) is 0 Å². The lowest BCUT2D eigenvalue weighted by atomic mass is 10.0. The average molecular weight is 1450 g/mol. The molecule has 19 heteroatoms. The second kappa shape index (κ2) is 69.1. The Kier molecular flexibility index (Phi) is 67.8. The predicted octanol–water partition coefficient (Wildman–Crippen LogP) is 23.6. The lowest BCUT2D eigenvalue weighted by molar-refractivity contribution is -0.161. The van der Waals surface area contributed by atoms with Crippen molar-refractivity contribution in [2.45, 2.75) is 427 Å². The molecule has 0 heterocycles. The van der Waals surface area contributed by atoms with Crippen LogP contribution in [0.3, 0.4) is 0 Å². The van der Waals surface area contributed by atoms with Crippen LogP contribution >= 0.6 is 15.6 Å². The molecule has 99 heavy (non-hydrogen) atoms. The highest BCUT2D eigenvalue weighted by molar-refractivity contribution is 7.47. The zero-order valence-electron chi connectivity index (χ0n) is 65.1. The van der Waals surface area contributed by atoms with Gasteiger partial charge in [-0.3, -0.25) is 37.3 Å². The van der Waals surface area contributed by atoms with Gasteiger partial charge >= 0.3 is 39.5 Å². The summed E-state index contributed by atoms with van der Waals surface area (Å²) in [7, 11) is -9.92. The summed E-state index contributed by atoms with van der Waals surface area (Å²) in [6.07, 6.45) is 55.9. The fourth-order valence-electron chi connectivity index (χ4n) is 12.3. The summed E-state index contributed by atoms with van der Waals surface area (Å²) in [5.41, 5.74) is 0. The van der Waals surface area contributed by atoms with Crippen molar-refractivity contribution in [3.8, 4) is 0 Å². The molecule has 3 N–H and O–H groups in total. The molecule has 0 aliphatic carbocycles. The van der Waals surface area contributed by atoms with Crippen molar-refractivity contribution >= 4 is 39.5 Å². The van der Waals surface area contributed by atoms with E-state index in [2.05, 4.69) is 55.4 Å². The predicted molar refractivity (Wildman–Crippen MR) is 404 cm³/mol. The summed E-state index contributed by atoms with van der Waals surface area (Å²) in [6.45, 7) is 14.2. The largest absolute Gasteiger partial charge is 0.472 e. The maximum Gasteiger partial charge on any atom is 0.472 e. The van der Waals surface area contributed by atoms with Crippen LogP contribution in [0.5, 0.6) is 0 Å². The third-order valence-corrected chi connectivity index (χ3v) is 20.5. The lowest BCUT2D eigenvalue weighted by Gasteiger charge is -2.21. The van der Waals surface area contributed by atoms with Gasteiger partial charge in [-0.15, -0.1) is 0 Å². The third kappa shape index (κ3) is 74.1. The van der Waals surface area contributed by atoms with Crippen molar-refractivity contribution in [1.82, 2.24) is 0 Å². The van der Waals surface area contributed by atoms with Gasteiger partial charge < -0.3 is 33.8 Å². The highest BCUT2D eigenvalue weighted by atomic mass is 31.2. The molecule has 0 radical (unpaired) electrons. The van der Waals surface area contributed by atoms with E-state index in [4.69, 9.17) is 37.0 Å². The Balaban J connectivity index is 5.19. The number of phosphoric acid groups is 2. The number of aliphatic hydroxyl groups is 1. The zero-order valence-corrected chi connectivity index (χ0v) is 66.9. The van der Waals surface area contributed by atoms with Crippen LogP contribution in [0.1, 0.15) is 409 Å². The van der Waals surface area contributed by atoms with Crippen molar-refractivity contribution in [3.05, 3.63) is 0 Å². The highest BCUT2D eigenvalue weighted by Gasteiger charge is 2.30. The maximum absolute atomic E-state index is 13.1. The minimum Gasteiger partial charge on any atom is -0.462 e. The van der Waals surface area contributed by atoms with E-state index in [1.807, 2.05) is 0 Å². The topological polar surface area (TPSA) is 237 Å². The molecule has 0 aromatic carbocycles. The van der Waals surface area contributed by atoms with Crippen molar-refractivity contribution in [2.24, 2.45) is 23.7 Å². The molecule has 0 aliphatic heterocycles. The van der Waals surface area contributed by atoms with E-state index in [9.17, 15) is 43.2 Å². The number of ether oxygens (including phenoxy) is 4. The second-order valence-electron chi connectivity index (χ2n) is 30.7. The maximum atomic E-state index is 13.1. The van der Waals surface area contributed by atoms with Crippen LogP contribution in [0.2, 0.25) is 0 Å². The molecule has 5 atom stereocenters. The molecule has 0 aromatic rings. The minimum absolute atomic E-state index is 0.103. The first-order chi connectivity index (χ1) is 47.6. The standard InChI is InChI=1S/C80H156O17P2/c1-70(2)56-48-40-32-26-22-18-14-11-9-10-12-16-20-24-28-35-44-52-60-77(82)90-66-75(96-79(84)62-54-46-36-29-25-21-17-13-15-19-23-27-33-41-49-57-71(3)4)68-94-98(86,87)92-64-74(81)65-93-99(88,89)95-69-76(67-91-78(83)61-53-45-39-38-43-51-59-73(7)8)97-80(85)63-55-47-37-31-30-34-42-50-58-72(5)6/h70-76,81H,9-69H2,1-8H3,(H,86,87)(H,88,89)/t74-,75-,76-/m1/s1. The first-order valence-corrected chi connectivity index (χ1v) is 44.2. The SMILES string of the molecule is CC(C)CCCCCCCCCCCCCCCCCCCCC(=O)OC[C@H](COP(=O)(O)OC[C@@H](O)COP(=O)(O)OC[C@@H](COC(=O)CCCCCCCCC(C)C)OC(=O)CCCCCCCCCCC(C)C)OC(=O)CCCCCCCCCCCCCCCCCC(C)C. The molecular weight excluding hydrogens is 1290 g/mol. The van der Waals surface area contributed by atoms with Gasteiger partial charge in [-0.1, -0.05) is 357 Å². The van der Waals surface area contributed by atoms with Gasteiger partial charge in [-0.25, -0.2) is 9.13 Å². The number of aliphatic hydroxyl groups excluding tert-OH is 1. The fraction of sp³-hybridized carbons (Fsp3) is 0.950. The Morgan fingerprint density at radius 3 is 0.626 bits per heavy atom. The monoisotopic (exact) mass is 1450 g/mol. The molecule has 17 nitrogen and oxygen atoms in total. The number of rotatable bonds is 77. The number of esters is 4. The van der Waals surface area contributed by atoms with Crippen LogP contribution in [-0.4, -0.2) is 96.7 Å². The third-order valence-electron chi connectivity index (χ3n) is 18.6. The van der Waals surface area contributed by atoms with Crippen LogP contribution in [0, 0.1) is 23.7 Å². The van der Waals surface area contributed by atoms with Gasteiger partial charge in [0, 0.05) is 25.7 Å². The van der Waals surface area contributed by atoms with E-state index in [-0.39, 0.29) is 25.7 Å². The number of unbranched alkanes of at least 4 members (excludes halogenated alkanes) is 43. The lowest BCUT2D eigenvalue weighted by Crippen LogP contribution is -2.30. The molecule has 0 spiro atoms. The van der Waals surface area contributed by atoms with Gasteiger partial charge in [0.15, 0.2) is 12.2 Å². The number of hydrogen-bond donors (Lipinski definition) is 3. The molecule has 0 bridgehead atoms. The van der Waals surface area contributed by atoms with Crippen LogP contribution in [-0.2, 0) is 65.4 Å². The Bertz CT molecular complexity index is 1940. The Hall–Kier alpha value is -1.94. The second-order valence-corrected chi connectivity index (χ2v) is 33.6. The normalized spacial score (nSPS) is 14.1. The zero-order chi connectivity index (χ0) is 73.1. The van der Waals surface area contributed by atoms with Gasteiger partial charge in [0.05, 0.1) is 26.4 Å². The number of carbonyl (C=O) groups excluding carboxylic acids is 4. The molecule has 0 aliphatic rings. The summed E-state index contributed by atoms with van der Waals surface area (Å²) in [5.74, 6) is 0.903. The quantitative estimate of drug-likeness (QED) is 0.0222. The van der Waals surface area contributed by atoms with Crippen LogP contribution in [0.4, 0.5) is 0 Å². The van der Waals surface area contributed by atoms with Crippen molar-refractivity contribution in [2.75, 3.05) is 39.6 Å². The van der Waals surface area contributed by atoms with Crippen molar-refractivity contribution in [1.29, 1.82) is 0 Å². The van der Waals surface area contributed by atoms with Gasteiger partial charge in [-0.2, -0.15) is 0 Å². The van der Waals surface area contributed by atoms with Gasteiger partial charge in [0.1, 0.15) is 19.3 Å². The molecule has 0 saturated heterocycles. The van der Waals surface area contributed by atoms with Crippen LogP contribution in [0.15, 0.2) is 0 Å². The molecule has 0 fully saturated rings. The Labute approximate surface area is 607 Å². The van der Waals surface area contributed by atoms with Crippen molar-refractivity contribution < 1.29 is 80.2 Å². The first kappa shape index (κ1) is 97.1. The fourth-order valence-corrected chi connectivity index (χ4v) is 13.8. The molecule has 588 valence electrons. The average Bonchev–Trinajstić information content (AvgIpc) is 1.42. The van der Waals surface area contributed by atoms with E-state index in [0.29, 0.717) is 31.6 Å². The minimum atomic E-state index is -4.96. The van der Waals surface area contributed by atoms with E-state index in [1.54, 1.807) is 0 Å². The van der Waals surface area contributed by atoms with E-state index in [0.717, 1.165) is 114 Å². The van der Waals surface area contributed by atoms with Gasteiger partial charge in [-0.05, 0) is 49.4 Å². The summed E-state index contributed by atoms with van der Waals surface area (Å²) in [6, 6.07) is 0. The van der Waals surface area contributed by atoms with E-state index in [1.165, 1.54) is 205 Å². The first-order valence-electron chi connectivity index (χ1n) is 41.2. The van der Waals surface area contributed by atoms with Crippen LogP contribution < -0.4 is 0 Å². The van der Waals surface area contributed by atoms with E-state index < -0.39 is 97.5 Å². The van der Waals surface area contributed by atoms with Crippen LogP contribution in [0.25, 0.3) is 0 Å².